The SMILES string of the molecule is CC1(C)CN(C(=O)c2cc(Cc3n[nH]c(=O)c4ccccc34)ccc2F)Cc2nnc(C(F)(F)F)n21.CC1(C)CNCc2nnc(C(F)(F)F)n21.O=C(O)c1cc(Cc2n[nH]c(=O)c3ccccc23)ccc1F.S.S=S=S=S=S=S. The van der Waals surface area contributed by atoms with Gasteiger partial charge in [-0.3, -0.25) is 23.5 Å². The quantitative estimate of drug-likeness (QED) is 0.121. The highest BCUT2D eigenvalue weighted by Gasteiger charge is 2.46. The van der Waals surface area contributed by atoms with E-state index in [-0.39, 0.29) is 67.5 Å². The van der Waals surface area contributed by atoms with Crippen LogP contribution in [-0.4, -0.2) is 84.9 Å². The van der Waals surface area contributed by atoms with Gasteiger partial charge >= 0.3 is 18.3 Å². The third kappa shape index (κ3) is 14.5. The van der Waals surface area contributed by atoms with Crippen LogP contribution in [0.3, 0.4) is 0 Å². The molecule has 0 bridgehead atoms. The van der Waals surface area contributed by atoms with Crippen molar-refractivity contribution in [2.75, 3.05) is 13.1 Å². The maximum Gasteiger partial charge on any atom is 0.451 e. The first kappa shape index (κ1) is 62.6. The van der Waals surface area contributed by atoms with Gasteiger partial charge in [0.15, 0.2) is 5.82 Å². The number of aromatic amines is 2. The zero-order chi connectivity index (χ0) is 57.6. The third-order valence-corrected chi connectivity index (χ3v) is 18.8. The van der Waals surface area contributed by atoms with Crippen molar-refractivity contribution in [2.24, 2.45) is 0 Å². The fraction of sp³-hybridized carbons (Fsp3) is 0.292. The molecule has 4 N–H and O–H groups in total. The summed E-state index contributed by atoms with van der Waals surface area (Å²) < 4.78 is 108. The summed E-state index contributed by atoms with van der Waals surface area (Å²) in [6.07, 6.45) is -8.64. The van der Waals surface area contributed by atoms with Crippen LogP contribution in [0.5, 0.6) is 0 Å². The number of rotatable bonds is 6. The molecule has 1 amide bonds. The molecule has 0 spiro atoms. The molecule has 0 fully saturated rings. The molecule has 32 heteroatoms. The summed E-state index contributed by atoms with van der Waals surface area (Å²) in [4.78, 5) is 49.3. The summed E-state index contributed by atoms with van der Waals surface area (Å²) >= 11 is 9.03. The van der Waals surface area contributed by atoms with Crippen LogP contribution in [0.1, 0.15) is 94.2 Å². The van der Waals surface area contributed by atoms with Crippen LogP contribution >= 0.6 is 13.5 Å². The van der Waals surface area contributed by atoms with Gasteiger partial charge in [0.2, 0.25) is 11.6 Å². The molecule has 2 aliphatic rings. The largest absolute Gasteiger partial charge is 0.478 e. The molecule has 424 valence electrons. The highest BCUT2D eigenvalue weighted by atomic mass is 33.3. The van der Waals surface area contributed by atoms with Crippen molar-refractivity contribution in [2.45, 2.75) is 77.1 Å². The van der Waals surface area contributed by atoms with E-state index >= 15 is 0 Å². The van der Waals surface area contributed by atoms with E-state index in [0.717, 1.165) is 16.7 Å². The standard InChI is InChI=1S/C24H20F4N6O2.C16H11FN2O3.C8H11F3N4.S6.H2S/c1-23(2)12-33(11-19-30-32-22(34(19)23)24(26,27)28)21(36)16-9-13(7-8-17(16)25)10-18-14-5-3-4-6-15(14)20(35)31-29-18;17-13-6-5-9(7-12(13)16(21)22)8-14-10-3-1-2-4-11(10)15(20)19-18-14;1-7(2)4-12-3-5-13-14-6(15(5)7)8(9,10)11;1-3-5-6-4-2;/h3-9H,10-12H2,1-2H3,(H,31,35);1-7H,8H2,(H,19,20)(H,21,22);12H,3-4H2,1-2H3;;1H2. The van der Waals surface area contributed by atoms with Crippen molar-refractivity contribution < 1.29 is 49.8 Å². The minimum absolute atomic E-state index is 0. The lowest BCUT2D eigenvalue weighted by Crippen LogP contribution is -2.50. The number of fused-ring (bicyclic) bond motifs is 4. The van der Waals surface area contributed by atoms with Gasteiger partial charge in [-0.2, -0.15) is 50.0 Å². The van der Waals surface area contributed by atoms with Gasteiger partial charge < -0.3 is 15.3 Å². The van der Waals surface area contributed by atoms with Crippen molar-refractivity contribution in [3.05, 3.63) is 174 Å². The summed E-state index contributed by atoms with van der Waals surface area (Å²) in [6, 6.07) is 21.9. The van der Waals surface area contributed by atoms with Gasteiger partial charge in [0.05, 0.1) is 57.5 Å². The Morgan fingerprint density at radius 1 is 0.650 bits per heavy atom. The first-order valence-electron chi connectivity index (χ1n) is 22.9. The van der Waals surface area contributed by atoms with Crippen molar-refractivity contribution in [1.82, 2.24) is 60.1 Å². The molecule has 6 heterocycles. The molecule has 2 aliphatic heterocycles. The van der Waals surface area contributed by atoms with E-state index in [4.69, 9.17) is 5.11 Å². The van der Waals surface area contributed by atoms with Gasteiger partial charge in [0, 0.05) is 94.6 Å². The molecule has 4 aromatic heterocycles. The predicted molar refractivity (Wildman–Crippen MR) is 300 cm³/mol. The predicted octanol–water partition coefficient (Wildman–Crippen LogP) is 7.24. The highest BCUT2D eigenvalue weighted by molar-refractivity contribution is 8.64. The lowest BCUT2D eigenvalue weighted by molar-refractivity contribution is -0.150. The van der Waals surface area contributed by atoms with Gasteiger partial charge in [-0.05, 0) is 75.2 Å². The number of alkyl halides is 6. The highest BCUT2D eigenvalue weighted by Crippen LogP contribution is 2.36. The van der Waals surface area contributed by atoms with Crippen LogP contribution in [0, 0.1) is 11.6 Å². The number of aromatic nitrogens is 10. The Hall–Kier alpha value is -6.55. The number of nitrogens with zero attached hydrogens (tertiary/aromatic N) is 9. The normalized spacial score (nSPS) is 14.0. The Balaban J connectivity index is 0.000000199. The Bertz CT molecular complexity index is 3920. The molecule has 80 heavy (non-hydrogen) atoms. The van der Waals surface area contributed by atoms with E-state index in [0.29, 0.717) is 63.0 Å². The lowest BCUT2D eigenvalue weighted by Gasteiger charge is -2.40. The number of hydrogen-bond donors (Lipinski definition) is 4. The fourth-order valence-corrected chi connectivity index (χ4v) is 14.3. The van der Waals surface area contributed by atoms with Crippen molar-refractivity contribution >= 4 is 105 Å². The van der Waals surface area contributed by atoms with Crippen molar-refractivity contribution in [3.8, 4) is 0 Å². The van der Waals surface area contributed by atoms with Crippen molar-refractivity contribution in [1.29, 1.82) is 0 Å². The Morgan fingerprint density at radius 2 is 1.09 bits per heavy atom. The molecule has 10 rings (SSSR count). The van der Waals surface area contributed by atoms with Gasteiger partial charge in [-0.1, -0.05) is 48.5 Å². The smallest absolute Gasteiger partial charge is 0.451 e. The minimum atomic E-state index is -4.70. The van der Waals surface area contributed by atoms with Crippen LogP contribution < -0.4 is 16.4 Å². The number of nitrogens with one attached hydrogen (secondary N) is 3. The molecule has 0 radical (unpaired) electrons. The molecular formula is C48H44F8N12O5S7. The van der Waals surface area contributed by atoms with Crippen LogP contribution in [0.15, 0.2) is 94.5 Å². The number of hydrogen-bond acceptors (Lipinski definition) is 13. The van der Waals surface area contributed by atoms with Crippen LogP contribution in [0.4, 0.5) is 35.1 Å². The number of carboxylic acid groups (broad SMARTS) is 1. The number of aromatic carboxylic acids is 1. The second kappa shape index (κ2) is 25.9. The molecular weight excluding hydrogens is 1200 g/mol. The molecule has 4 aromatic carbocycles. The van der Waals surface area contributed by atoms with Crippen molar-refractivity contribution in [3.63, 3.8) is 0 Å². The van der Waals surface area contributed by atoms with E-state index in [1.807, 2.05) is 0 Å². The van der Waals surface area contributed by atoms with E-state index < -0.39 is 58.6 Å². The molecule has 0 atom stereocenters. The summed E-state index contributed by atoms with van der Waals surface area (Å²) in [6.45, 7) is 6.97. The average molecular weight is 1250 g/mol. The van der Waals surface area contributed by atoms with Gasteiger partial charge in [-0.25, -0.2) is 23.8 Å². The topological polar surface area (TPSA) is 223 Å². The number of carbonyl (C=O) groups is 2. The van der Waals surface area contributed by atoms with Gasteiger partial charge in [-0.15, -0.1) is 20.4 Å². The maximum atomic E-state index is 14.8. The maximum absolute atomic E-state index is 14.8. The zero-order valence-corrected chi connectivity index (χ0v) is 47.8. The van der Waals surface area contributed by atoms with E-state index in [1.54, 1.807) is 62.4 Å². The number of halogens is 8. The second-order valence-electron chi connectivity index (χ2n) is 18.6. The number of benzene rings is 4. The first-order valence-corrected chi connectivity index (χ1v) is 29.6. The van der Waals surface area contributed by atoms with Gasteiger partial charge in [0.25, 0.3) is 17.0 Å². The summed E-state index contributed by atoms with van der Waals surface area (Å²) in [7, 11) is 5.63. The van der Waals surface area contributed by atoms with Crippen LogP contribution in [-0.2, 0) is 107 Å². The number of carbonyl (C=O) groups excluding carboxylic acids is 1. The van der Waals surface area contributed by atoms with E-state index in [9.17, 15) is 54.3 Å². The fourth-order valence-electron chi connectivity index (χ4n) is 8.84. The minimum Gasteiger partial charge on any atom is -0.478 e. The molecule has 17 nitrogen and oxygen atoms in total. The molecule has 0 unspecified atom stereocenters. The lowest BCUT2D eigenvalue weighted by atomic mass is 9.99. The summed E-state index contributed by atoms with van der Waals surface area (Å²) in [5, 5.41) is 40.9. The van der Waals surface area contributed by atoms with Gasteiger partial charge in [0.1, 0.15) is 17.5 Å². The van der Waals surface area contributed by atoms with E-state index in [1.165, 1.54) is 83.1 Å². The third-order valence-electron chi connectivity index (χ3n) is 12.1. The van der Waals surface area contributed by atoms with E-state index in [2.05, 4.69) is 68.5 Å². The summed E-state index contributed by atoms with van der Waals surface area (Å²) in [5.41, 5.74) is -0.741. The summed E-state index contributed by atoms with van der Waals surface area (Å²) in [5.74, 6) is -5.29. The number of amides is 1. The zero-order valence-electron chi connectivity index (χ0n) is 41.9. The Labute approximate surface area is 476 Å². The Morgan fingerprint density at radius 3 is 1.55 bits per heavy atom. The van der Waals surface area contributed by atoms with Crippen LogP contribution in [0.2, 0.25) is 0 Å². The average Bonchev–Trinajstić information content (AvgIpc) is 4.16. The monoisotopic (exact) mass is 1240 g/mol. The van der Waals surface area contributed by atoms with Crippen LogP contribution in [0.25, 0.3) is 21.5 Å². The number of H-pyrrole nitrogens is 2. The molecule has 0 saturated carbocycles. The molecule has 0 saturated heterocycles. The first-order chi connectivity index (χ1) is 37.2. The second-order valence-corrected chi connectivity index (χ2v) is 25.7. The Kier molecular flexibility index (Phi) is 20.3. The number of carboxylic acids is 1. The molecule has 0 aliphatic carbocycles. The molecule has 8 aromatic rings.